The summed E-state index contributed by atoms with van der Waals surface area (Å²) in [6, 6.07) is 5.56. The highest BCUT2D eigenvalue weighted by atomic mass is 32.2. The largest absolute Gasteiger partial charge is 0.486 e. The van der Waals surface area contributed by atoms with Crippen LogP contribution in [0.5, 0.6) is 5.75 Å². The Kier molecular flexibility index (Phi) is 2.70. The molecule has 1 fully saturated rings. The molecule has 0 aromatic heterocycles. The van der Waals surface area contributed by atoms with Crippen LogP contribution in [0, 0.1) is 0 Å². The molecule has 0 amide bonds. The predicted molar refractivity (Wildman–Crippen MR) is 72.8 cm³/mol. The molecule has 1 aliphatic carbocycles. The number of benzene rings is 1. The Hall–Kier alpha value is -1.07. The number of hydrogen-bond donors (Lipinski definition) is 0. The second-order valence-electron chi connectivity index (χ2n) is 6.04. The quantitative estimate of drug-likeness (QED) is 0.853. The molecule has 0 unspecified atom stereocenters. The van der Waals surface area contributed by atoms with Crippen LogP contribution in [-0.4, -0.2) is 31.4 Å². The van der Waals surface area contributed by atoms with Crippen molar-refractivity contribution in [2.75, 3.05) is 7.05 Å². The van der Waals surface area contributed by atoms with Crippen LogP contribution in [0.25, 0.3) is 0 Å². The summed E-state index contributed by atoms with van der Waals surface area (Å²) in [5, 5.41) is 0. The van der Waals surface area contributed by atoms with Crippen molar-refractivity contribution in [3.63, 3.8) is 0 Å². The van der Waals surface area contributed by atoms with Crippen molar-refractivity contribution in [2.24, 2.45) is 0 Å². The summed E-state index contributed by atoms with van der Waals surface area (Å²) in [6.45, 7) is 3.96. The molecule has 3 rings (SSSR count). The molecule has 1 saturated carbocycles. The topological polar surface area (TPSA) is 46.6 Å². The normalized spacial score (nSPS) is 21.3. The summed E-state index contributed by atoms with van der Waals surface area (Å²) >= 11 is 0. The fraction of sp³-hybridized carbons (Fsp3) is 0.571. The molecule has 1 aromatic carbocycles. The number of nitrogens with zero attached hydrogens (tertiary/aromatic N) is 1. The Bertz CT molecular complexity index is 618. The highest BCUT2D eigenvalue weighted by Crippen LogP contribution is 2.41. The molecular formula is C14H19NO3S. The van der Waals surface area contributed by atoms with Crippen LogP contribution < -0.4 is 4.74 Å². The zero-order chi connectivity index (χ0) is 13.8. The highest BCUT2D eigenvalue weighted by Gasteiger charge is 2.40. The van der Waals surface area contributed by atoms with E-state index in [0.717, 1.165) is 24.8 Å². The average Bonchev–Trinajstić information content (AvgIpc) is 3.09. The van der Waals surface area contributed by atoms with Gasteiger partial charge in [-0.15, -0.1) is 0 Å². The van der Waals surface area contributed by atoms with E-state index < -0.39 is 10.0 Å². The van der Waals surface area contributed by atoms with Gasteiger partial charge in [0.1, 0.15) is 16.2 Å². The molecular weight excluding hydrogens is 262 g/mol. The monoisotopic (exact) mass is 281 g/mol. The van der Waals surface area contributed by atoms with E-state index in [0.29, 0.717) is 10.6 Å². The third-order valence-electron chi connectivity index (χ3n) is 3.77. The van der Waals surface area contributed by atoms with Crippen molar-refractivity contribution in [2.45, 2.75) is 49.6 Å². The number of para-hydroxylation sites is 1. The fourth-order valence-electron chi connectivity index (χ4n) is 2.58. The van der Waals surface area contributed by atoms with Gasteiger partial charge in [0, 0.05) is 19.5 Å². The van der Waals surface area contributed by atoms with Crippen LogP contribution in [0.15, 0.2) is 23.1 Å². The Morgan fingerprint density at radius 3 is 2.63 bits per heavy atom. The van der Waals surface area contributed by atoms with Gasteiger partial charge in [-0.1, -0.05) is 12.1 Å². The lowest BCUT2D eigenvalue weighted by Crippen LogP contribution is -2.30. The summed E-state index contributed by atoms with van der Waals surface area (Å²) in [6.07, 6.45) is 2.66. The molecule has 0 atom stereocenters. The third kappa shape index (κ3) is 2.15. The number of sulfonamides is 1. The smallest absolute Gasteiger partial charge is 0.246 e. The number of hydrogen-bond acceptors (Lipinski definition) is 3. The summed E-state index contributed by atoms with van der Waals surface area (Å²) in [5.74, 6) is 0.542. The van der Waals surface area contributed by atoms with Crippen molar-refractivity contribution in [1.82, 2.24) is 4.31 Å². The van der Waals surface area contributed by atoms with E-state index in [1.165, 1.54) is 4.31 Å². The molecule has 4 nitrogen and oxygen atoms in total. The molecule has 0 N–H and O–H groups in total. The maximum atomic E-state index is 12.6. The van der Waals surface area contributed by atoms with Crippen LogP contribution in [0.2, 0.25) is 0 Å². The van der Waals surface area contributed by atoms with Crippen LogP contribution in [0.3, 0.4) is 0 Å². The maximum absolute atomic E-state index is 12.6. The lowest BCUT2D eigenvalue weighted by molar-refractivity contribution is 0.135. The van der Waals surface area contributed by atoms with E-state index in [-0.39, 0.29) is 11.6 Å². The van der Waals surface area contributed by atoms with Gasteiger partial charge >= 0.3 is 0 Å². The summed E-state index contributed by atoms with van der Waals surface area (Å²) < 4.78 is 32.6. The van der Waals surface area contributed by atoms with Gasteiger partial charge in [-0.3, -0.25) is 0 Å². The molecule has 1 aromatic rings. The molecule has 2 aliphatic rings. The minimum atomic E-state index is -3.44. The summed E-state index contributed by atoms with van der Waals surface area (Å²) in [5.41, 5.74) is 0.654. The molecule has 1 aliphatic heterocycles. The third-order valence-corrected chi connectivity index (χ3v) is 5.71. The highest BCUT2D eigenvalue weighted by molar-refractivity contribution is 7.89. The summed E-state index contributed by atoms with van der Waals surface area (Å²) in [4.78, 5) is 0.310. The van der Waals surface area contributed by atoms with Gasteiger partial charge in [-0.2, -0.15) is 4.31 Å². The molecule has 0 saturated heterocycles. The molecule has 0 spiro atoms. The van der Waals surface area contributed by atoms with Gasteiger partial charge < -0.3 is 4.74 Å². The van der Waals surface area contributed by atoms with Crippen molar-refractivity contribution in [1.29, 1.82) is 0 Å². The van der Waals surface area contributed by atoms with Gasteiger partial charge in [0.15, 0.2) is 0 Å². The van der Waals surface area contributed by atoms with E-state index in [2.05, 4.69) is 0 Å². The number of ether oxygens (including phenoxy) is 1. The van der Waals surface area contributed by atoms with E-state index in [9.17, 15) is 8.42 Å². The van der Waals surface area contributed by atoms with Crippen LogP contribution in [-0.2, 0) is 16.4 Å². The van der Waals surface area contributed by atoms with Crippen LogP contribution in [0.1, 0.15) is 32.3 Å². The minimum Gasteiger partial charge on any atom is -0.486 e. The van der Waals surface area contributed by atoms with Crippen molar-refractivity contribution < 1.29 is 13.2 Å². The van der Waals surface area contributed by atoms with Gasteiger partial charge in [0.05, 0.1) is 0 Å². The number of rotatable bonds is 3. The van der Waals surface area contributed by atoms with Crippen molar-refractivity contribution >= 4 is 10.0 Å². The molecule has 104 valence electrons. The molecule has 19 heavy (non-hydrogen) atoms. The van der Waals surface area contributed by atoms with Crippen LogP contribution in [0.4, 0.5) is 0 Å². The first-order valence-corrected chi connectivity index (χ1v) is 8.04. The standard InChI is InChI=1S/C14H19NO3S/c1-14(2)9-10-5-4-6-12(13(10)18-14)19(16,17)15(3)11-7-8-11/h4-6,11H,7-9H2,1-3H3. The maximum Gasteiger partial charge on any atom is 0.246 e. The van der Waals surface area contributed by atoms with Gasteiger partial charge in [0.2, 0.25) is 10.0 Å². The zero-order valence-electron chi connectivity index (χ0n) is 11.5. The Morgan fingerprint density at radius 2 is 2.00 bits per heavy atom. The average molecular weight is 281 g/mol. The minimum absolute atomic E-state index is 0.162. The summed E-state index contributed by atoms with van der Waals surface area (Å²) in [7, 11) is -1.78. The lowest BCUT2D eigenvalue weighted by atomic mass is 10.0. The van der Waals surface area contributed by atoms with Crippen molar-refractivity contribution in [3.8, 4) is 5.75 Å². The second-order valence-corrected chi connectivity index (χ2v) is 8.00. The first-order chi connectivity index (χ1) is 8.81. The van der Waals surface area contributed by atoms with E-state index >= 15 is 0 Å². The van der Waals surface area contributed by atoms with E-state index in [1.807, 2.05) is 19.9 Å². The zero-order valence-corrected chi connectivity index (χ0v) is 12.3. The second kappa shape index (κ2) is 3.96. The lowest BCUT2D eigenvalue weighted by Gasteiger charge is -2.20. The van der Waals surface area contributed by atoms with E-state index in [4.69, 9.17) is 4.74 Å². The van der Waals surface area contributed by atoms with E-state index in [1.54, 1.807) is 19.2 Å². The molecule has 0 radical (unpaired) electrons. The van der Waals surface area contributed by atoms with Gasteiger partial charge in [-0.05, 0) is 38.3 Å². The SMILES string of the molecule is CN(C1CC1)S(=O)(=O)c1cccc2c1OC(C)(C)C2. The Morgan fingerprint density at radius 1 is 1.32 bits per heavy atom. The predicted octanol–water partition coefficient (Wildman–Crippen LogP) is 2.18. The fourth-order valence-corrected chi connectivity index (χ4v) is 4.15. The van der Waals surface area contributed by atoms with Gasteiger partial charge in [0.25, 0.3) is 0 Å². The van der Waals surface area contributed by atoms with Crippen molar-refractivity contribution in [3.05, 3.63) is 23.8 Å². The van der Waals surface area contributed by atoms with Gasteiger partial charge in [-0.25, -0.2) is 8.42 Å². The number of fused-ring (bicyclic) bond motifs is 1. The first-order valence-electron chi connectivity index (χ1n) is 6.60. The molecule has 1 heterocycles. The molecule has 0 bridgehead atoms. The molecule has 5 heteroatoms. The van der Waals surface area contributed by atoms with Crippen LogP contribution >= 0.6 is 0 Å². The first kappa shape index (κ1) is 12.9. The Labute approximate surface area is 114 Å². The Balaban J connectivity index is 2.06.